The maximum absolute atomic E-state index is 10.4. The number of carbonyl (C=O) groups is 2. The molecule has 23 heavy (non-hydrogen) atoms. The number of aromatic nitrogens is 1. The number of rotatable bonds is 2. The predicted molar refractivity (Wildman–Crippen MR) is 77.5 cm³/mol. The van der Waals surface area contributed by atoms with Gasteiger partial charge in [0.25, 0.3) is 0 Å². The van der Waals surface area contributed by atoms with Crippen molar-refractivity contribution in [2.45, 2.75) is 51.1 Å². The van der Waals surface area contributed by atoms with E-state index in [1.165, 1.54) is 23.4 Å². The van der Waals surface area contributed by atoms with Crippen LogP contribution in [0.2, 0.25) is 0 Å². The summed E-state index contributed by atoms with van der Waals surface area (Å²) in [7, 11) is 0. The third-order valence-electron chi connectivity index (χ3n) is 4.21. The number of aliphatic carboxylic acids is 1. The van der Waals surface area contributed by atoms with Crippen molar-refractivity contribution in [3.8, 4) is 6.07 Å². The first-order chi connectivity index (χ1) is 10.7. The zero-order chi connectivity index (χ0) is 15.9. The first kappa shape index (κ1) is 19.8. The summed E-state index contributed by atoms with van der Waals surface area (Å²) in [6.45, 7) is 1.64. The Bertz CT molecular complexity index is 580. The summed E-state index contributed by atoms with van der Waals surface area (Å²) in [6.07, 6.45) is 8.46. The van der Waals surface area contributed by atoms with Gasteiger partial charge in [0, 0.05) is 25.0 Å². The second kappa shape index (κ2) is 9.76. The molecule has 2 aliphatic heterocycles. The van der Waals surface area contributed by atoms with Crippen molar-refractivity contribution in [2.24, 2.45) is 0 Å². The summed E-state index contributed by atoms with van der Waals surface area (Å²) in [4.78, 5) is 22.0. The Morgan fingerprint density at radius 3 is 2.65 bits per heavy atom. The Morgan fingerprint density at radius 1 is 1.30 bits per heavy atom. The van der Waals surface area contributed by atoms with Crippen LogP contribution in [0.1, 0.15) is 43.4 Å². The number of carboxylic acid groups (broad SMARTS) is 1. The van der Waals surface area contributed by atoms with Gasteiger partial charge in [-0.3, -0.25) is 4.79 Å². The molecule has 6 nitrogen and oxygen atoms in total. The molecule has 1 saturated heterocycles. The van der Waals surface area contributed by atoms with E-state index in [0.29, 0.717) is 19.4 Å². The summed E-state index contributed by atoms with van der Waals surface area (Å²) >= 11 is 0. The number of nitriles is 1. The van der Waals surface area contributed by atoms with Gasteiger partial charge in [0.1, 0.15) is 6.07 Å². The number of piperidine rings is 1. The van der Waals surface area contributed by atoms with Crippen LogP contribution in [0.5, 0.6) is 0 Å². The maximum Gasteiger partial charge on any atom is 1.00 e. The van der Waals surface area contributed by atoms with Gasteiger partial charge in [-0.15, -0.1) is 0 Å². The van der Waals surface area contributed by atoms with Gasteiger partial charge in [0.15, 0.2) is 0 Å². The average molecular weight is 325 g/mol. The minimum Gasteiger partial charge on any atom is -0.548 e. The van der Waals surface area contributed by atoms with E-state index in [-0.39, 0.29) is 29.6 Å². The first-order valence-corrected chi connectivity index (χ1v) is 7.67. The first-order valence-electron chi connectivity index (χ1n) is 7.67. The summed E-state index contributed by atoms with van der Waals surface area (Å²) in [5, 5.41) is 19.1. The maximum atomic E-state index is 10.4. The second-order valence-corrected chi connectivity index (χ2v) is 5.61. The molecule has 0 aliphatic carbocycles. The Morgan fingerprint density at radius 2 is 2.04 bits per heavy atom. The third kappa shape index (κ3) is 5.10. The van der Waals surface area contributed by atoms with E-state index in [4.69, 9.17) is 5.26 Å². The number of carbonyl (C=O) groups excluding carboxylic acids is 2. The van der Waals surface area contributed by atoms with Crippen LogP contribution in [-0.4, -0.2) is 34.4 Å². The van der Waals surface area contributed by atoms with E-state index >= 15 is 0 Å². The second-order valence-electron chi connectivity index (χ2n) is 5.61. The van der Waals surface area contributed by atoms with Gasteiger partial charge >= 0.3 is 29.6 Å². The van der Waals surface area contributed by atoms with Crippen LogP contribution in [-0.2, 0) is 22.6 Å². The Kier molecular flexibility index (Phi) is 8.38. The van der Waals surface area contributed by atoms with Crippen molar-refractivity contribution < 1.29 is 44.3 Å². The molecule has 1 fully saturated rings. The van der Waals surface area contributed by atoms with Crippen LogP contribution in [0.25, 0.3) is 0 Å². The molecule has 3 heterocycles. The minimum absolute atomic E-state index is 0. The van der Waals surface area contributed by atoms with Crippen molar-refractivity contribution in [3.63, 3.8) is 0 Å². The number of fused-ring (bicyclic) bond motifs is 1. The molecular formula is C16H20N3NaO3. The van der Waals surface area contributed by atoms with Gasteiger partial charge in [-0.05, 0) is 44.6 Å². The standard InChI is InChI=1S/C9H10N2.C7H11NO3.Na/c10-7-8-4-6-11-5-2-1-3-9(8)11;9-5-8-4-2-1-3-6(8)7(10)11;/h4,6H,1-3,5H2;5-6H,1-4H2,(H,10,11);/q;;+1/p-1. The summed E-state index contributed by atoms with van der Waals surface area (Å²) < 4.78 is 2.20. The van der Waals surface area contributed by atoms with Crippen molar-refractivity contribution in [3.05, 3.63) is 23.5 Å². The number of amides is 1. The van der Waals surface area contributed by atoms with Crippen LogP contribution < -0.4 is 34.7 Å². The summed E-state index contributed by atoms with van der Waals surface area (Å²) in [5.74, 6) is -1.14. The monoisotopic (exact) mass is 325 g/mol. The van der Waals surface area contributed by atoms with Gasteiger partial charge in [-0.2, -0.15) is 5.26 Å². The van der Waals surface area contributed by atoms with Gasteiger partial charge in [0.2, 0.25) is 6.41 Å². The largest absolute Gasteiger partial charge is 1.00 e. The van der Waals surface area contributed by atoms with Gasteiger partial charge in [-0.25, -0.2) is 0 Å². The average Bonchev–Trinajstić information content (AvgIpc) is 2.98. The molecule has 0 bridgehead atoms. The van der Waals surface area contributed by atoms with Crippen molar-refractivity contribution in [1.29, 1.82) is 5.26 Å². The predicted octanol–water partition coefficient (Wildman–Crippen LogP) is -2.55. The molecule has 0 saturated carbocycles. The van der Waals surface area contributed by atoms with E-state index < -0.39 is 12.0 Å². The van der Waals surface area contributed by atoms with E-state index in [1.807, 2.05) is 12.3 Å². The number of aryl methyl sites for hydroxylation is 1. The quantitative estimate of drug-likeness (QED) is 0.442. The molecule has 7 heteroatoms. The van der Waals surface area contributed by atoms with Gasteiger partial charge in [0.05, 0.1) is 17.6 Å². The molecule has 1 aromatic heterocycles. The molecule has 2 aliphatic rings. The smallest absolute Gasteiger partial charge is 0.548 e. The summed E-state index contributed by atoms with van der Waals surface area (Å²) in [6, 6.07) is 3.44. The SMILES string of the molecule is N#Cc1ccn2c1CCCC2.O=CN1CCCCC1C(=O)[O-].[Na+]. The minimum atomic E-state index is -1.14. The normalized spacial score (nSPS) is 19.3. The molecule has 1 aromatic rings. The van der Waals surface area contributed by atoms with E-state index in [2.05, 4.69) is 10.6 Å². The fourth-order valence-corrected chi connectivity index (χ4v) is 3.00. The van der Waals surface area contributed by atoms with Crippen LogP contribution in [0.4, 0.5) is 0 Å². The molecule has 118 valence electrons. The number of nitrogens with zero attached hydrogens (tertiary/aromatic N) is 3. The number of carboxylic acids is 1. The van der Waals surface area contributed by atoms with Crippen LogP contribution in [0.3, 0.4) is 0 Å². The topological polar surface area (TPSA) is 89.2 Å². The molecule has 3 rings (SSSR count). The summed E-state index contributed by atoms with van der Waals surface area (Å²) in [5.41, 5.74) is 2.10. The van der Waals surface area contributed by atoms with Crippen molar-refractivity contribution >= 4 is 12.4 Å². The zero-order valence-corrected chi connectivity index (χ0v) is 15.5. The third-order valence-corrected chi connectivity index (χ3v) is 4.21. The van der Waals surface area contributed by atoms with Crippen LogP contribution >= 0.6 is 0 Å². The molecule has 0 radical (unpaired) electrons. The fraction of sp³-hybridized carbons (Fsp3) is 0.562. The Hall–Kier alpha value is -1.29. The van der Waals surface area contributed by atoms with E-state index in [9.17, 15) is 14.7 Å². The van der Waals surface area contributed by atoms with Gasteiger partial charge < -0.3 is 19.4 Å². The molecule has 1 atom stereocenters. The van der Waals surface area contributed by atoms with E-state index in [0.717, 1.165) is 31.4 Å². The Labute approximate surface area is 158 Å². The number of hydrogen-bond acceptors (Lipinski definition) is 4. The van der Waals surface area contributed by atoms with Crippen molar-refractivity contribution in [1.82, 2.24) is 9.47 Å². The molecule has 0 N–H and O–H groups in total. The molecule has 0 aromatic carbocycles. The molecule has 1 unspecified atom stereocenters. The number of likely N-dealkylation sites (tertiary alicyclic amines) is 1. The zero-order valence-electron chi connectivity index (χ0n) is 13.5. The fourth-order valence-electron chi connectivity index (χ4n) is 3.00. The number of hydrogen-bond donors (Lipinski definition) is 0. The molecule has 0 spiro atoms. The molecular weight excluding hydrogens is 305 g/mol. The van der Waals surface area contributed by atoms with Gasteiger partial charge in [-0.1, -0.05) is 0 Å². The van der Waals surface area contributed by atoms with Crippen LogP contribution in [0.15, 0.2) is 12.3 Å². The van der Waals surface area contributed by atoms with Crippen LogP contribution in [0, 0.1) is 11.3 Å². The Balaban J connectivity index is 0.000000220. The molecule has 1 amide bonds. The van der Waals surface area contributed by atoms with E-state index in [1.54, 1.807) is 0 Å². The van der Waals surface area contributed by atoms with Crippen molar-refractivity contribution in [2.75, 3.05) is 6.54 Å².